The zero-order chi connectivity index (χ0) is 18.9. The number of hydrogen-bond acceptors (Lipinski definition) is 6. The fraction of sp³-hybridized carbons (Fsp3) is 0.188. The largest absolute Gasteiger partial charge is 0.426 e. The van der Waals surface area contributed by atoms with Crippen LogP contribution in [0.4, 0.5) is 4.79 Å². The monoisotopic (exact) mass is 394 g/mol. The normalized spacial score (nSPS) is 11.7. The van der Waals surface area contributed by atoms with Gasteiger partial charge in [0.05, 0.1) is 5.69 Å². The summed E-state index contributed by atoms with van der Waals surface area (Å²) in [7, 11) is -4.35. The van der Waals surface area contributed by atoms with Gasteiger partial charge in [-0.25, -0.2) is 14.5 Å². The van der Waals surface area contributed by atoms with Crippen molar-refractivity contribution in [2.75, 3.05) is 0 Å². The van der Waals surface area contributed by atoms with Crippen molar-refractivity contribution in [3.8, 4) is 5.75 Å². The smallest absolute Gasteiger partial charge is 0.410 e. The molecule has 0 spiro atoms. The Morgan fingerprint density at radius 3 is 2.54 bits per heavy atom. The quantitative estimate of drug-likeness (QED) is 0.729. The van der Waals surface area contributed by atoms with Crippen LogP contribution in [0.2, 0.25) is 5.15 Å². The summed E-state index contributed by atoms with van der Waals surface area (Å²) in [6, 6.07) is 11.4. The number of carbonyl (C=O) groups is 1. The van der Waals surface area contributed by atoms with Crippen LogP contribution in [-0.4, -0.2) is 29.1 Å². The molecule has 0 aliphatic rings. The van der Waals surface area contributed by atoms with E-state index >= 15 is 0 Å². The lowest BCUT2D eigenvalue weighted by atomic mass is 10.1. The Morgan fingerprint density at radius 1 is 1.19 bits per heavy atom. The molecule has 136 valence electrons. The molecule has 1 amide bonds. The third-order valence-corrected chi connectivity index (χ3v) is 5.12. The maximum Gasteiger partial charge on any atom is 0.426 e. The first-order chi connectivity index (χ1) is 12.3. The Kier molecular flexibility index (Phi) is 4.84. The average Bonchev–Trinajstić information content (AvgIpc) is 2.90. The fourth-order valence-corrected chi connectivity index (χ4v) is 3.67. The maximum atomic E-state index is 12.6. The number of halogens is 1. The van der Waals surface area contributed by atoms with Gasteiger partial charge < -0.3 is 4.74 Å². The number of amides is 1. The summed E-state index contributed by atoms with van der Waals surface area (Å²) in [5.74, 6) is 0.261. The van der Waals surface area contributed by atoms with E-state index in [9.17, 15) is 13.2 Å². The molecule has 0 saturated carbocycles. The van der Waals surface area contributed by atoms with Crippen molar-refractivity contribution >= 4 is 33.4 Å². The highest BCUT2D eigenvalue weighted by Crippen LogP contribution is 2.23. The first-order valence-corrected chi connectivity index (χ1v) is 9.49. The minimum Gasteiger partial charge on any atom is -0.410 e. The Bertz CT molecular complexity index is 1060. The Labute approximate surface area is 154 Å². The summed E-state index contributed by atoms with van der Waals surface area (Å²) in [6.45, 7) is 3.83. The summed E-state index contributed by atoms with van der Waals surface area (Å²) >= 11 is 5.98. The molecule has 3 aromatic rings. The standard InChI is InChI=1S/C16H15ClN4O4S/c1-10(2)12-8-9-13-18-14(17)15(21(13)19-12)26(23,24)20-16(22)25-11-6-4-3-5-7-11/h3-10H,1-2H3,(H,20,22). The molecule has 10 heteroatoms. The van der Waals surface area contributed by atoms with E-state index < -0.39 is 21.1 Å². The molecular weight excluding hydrogens is 380 g/mol. The van der Waals surface area contributed by atoms with E-state index in [0.29, 0.717) is 5.69 Å². The lowest BCUT2D eigenvalue weighted by molar-refractivity contribution is 0.206. The van der Waals surface area contributed by atoms with E-state index in [1.807, 2.05) is 18.6 Å². The highest BCUT2D eigenvalue weighted by Gasteiger charge is 2.28. The van der Waals surface area contributed by atoms with Crippen LogP contribution in [0, 0.1) is 0 Å². The van der Waals surface area contributed by atoms with Crippen molar-refractivity contribution in [1.29, 1.82) is 0 Å². The number of sulfonamides is 1. The van der Waals surface area contributed by atoms with E-state index in [2.05, 4.69) is 10.1 Å². The van der Waals surface area contributed by atoms with Gasteiger partial charge in [-0.2, -0.15) is 18.0 Å². The minimum absolute atomic E-state index is 0.0622. The number of nitrogens with one attached hydrogen (secondary N) is 1. The van der Waals surface area contributed by atoms with E-state index in [4.69, 9.17) is 16.3 Å². The second-order valence-corrected chi connectivity index (χ2v) is 7.65. The van der Waals surface area contributed by atoms with Gasteiger partial charge in [0, 0.05) is 0 Å². The van der Waals surface area contributed by atoms with Gasteiger partial charge in [0.15, 0.2) is 10.8 Å². The van der Waals surface area contributed by atoms with Crippen LogP contribution in [0.5, 0.6) is 5.75 Å². The second kappa shape index (κ2) is 6.93. The van der Waals surface area contributed by atoms with Crippen molar-refractivity contribution in [3.63, 3.8) is 0 Å². The maximum absolute atomic E-state index is 12.6. The third kappa shape index (κ3) is 3.63. The summed E-state index contributed by atoms with van der Waals surface area (Å²) in [4.78, 5) is 15.9. The number of imidazole rings is 1. The predicted molar refractivity (Wildman–Crippen MR) is 94.9 cm³/mol. The Morgan fingerprint density at radius 2 is 1.88 bits per heavy atom. The number of nitrogens with zero attached hydrogens (tertiary/aromatic N) is 3. The molecule has 0 saturated heterocycles. The number of ether oxygens (including phenoxy) is 1. The van der Waals surface area contributed by atoms with Gasteiger partial charge in [0.2, 0.25) is 5.03 Å². The molecule has 26 heavy (non-hydrogen) atoms. The molecule has 0 bridgehead atoms. The van der Waals surface area contributed by atoms with Gasteiger partial charge in [-0.1, -0.05) is 43.6 Å². The molecule has 0 unspecified atom stereocenters. The van der Waals surface area contributed by atoms with Gasteiger partial charge >= 0.3 is 6.09 Å². The van der Waals surface area contributed by atoms with Gasteiger partial charge in [-0.05, 0) is 30.2 Å². The predicted octanol–water partition coefficient (Wildman–Crippen LogP) is 2.98. The number of benzene rings is 1. The highest BCUT2D eigenvalue weighted by molar-refractivity contribution is 7.90. The molecule has 0 radical (unpaired) electrons. The Balaban J connectivity index is 1.95. The van der Waals surface area contributed by atoms with Crippen molar-refractivity contribution in [3.05, 3.63) is 53.3 Å². The zero-order valence-electron chi connectivity index (χ0n) is 13.9. The van der Waals surface area contributed by atoms with Crippen LogP contribution in [0.15, 0.2) is 47.5 Å². The van der Waals surface area contributed by atoms with Crippen LogP contribution >= 0.6 is 11.6 Å². The van der Waals surface area contributed by atoms with E-state index in [1.54, 1.807) is 30.3 Å². The van der Waals surface area contributed by atoms with Crippen molar-refractivity contribution in [1.82, 2.24) is 19.3 Å². The first kappa shape index (κ1) is 18.2. The molecule has 2 heterocycles. The van der Waals surface area contributed by atoms with E-state index in [-0.39, 0.29) is 22.5 Å². The van der Waals surface area contributed by atoms with Crippen LogP contribution < -0.4 is 9.46 Å². The van der Waals surface area contributed by atoms with Gasteiger partial charge in [-0.3, -0.25) is 0 Å². The molecule has 1 N–H and O–H groups in total. The molecule has 8 nitrogen and oxygen atoms in total. The van der Waals surface area contributed by atoms with Gasteiger partial charge in [0.25, 0.3) is 10.0 Å². The van der Waals surface area contributed by atoms with Crippen molar-refractivity contribution in [2.45, 2.75) is 24.8 Å². The van der Waals surface area contributed by atoms with E-state index in [0.717, 1.165) is 4.52 Å². The number of para-hydroxylation sites is 1. The lowest BCUT2D eigenvalue weighted by Gasteiger charge is -2.09. The third-order valence-electron chi connectivity index (χ3n) is 3.43. The molecule has 3 rings (SSSR count). The number of hydrogen-bond donors (Lipinski definition) is 1. The number of fused-ring (bicyclic) bond motifs is 1. The summed E-state index contributed by atoms with van der Waals surface area (Å²) < 4.78 is 33.1. The molecule has 0 aliphatic heterocycles. The Hall–Kier alpha value is -2.65. The number of aromatic nitrogens is 3. The van der Waals surface area contributed by atoms with Crippen LogP contribution in [0.3, 0.4) is 0 Å². The summed E-state index contributed by atoms with van der Waals surface area (Å²) in [5, 5.41) is 3.53. The van der Waals surface area contributed by atoms with Gasteiger partial charge in [0.1, 0.15) is 5.75 Å². The van der Waals surface area contributed by atoms with Gasteiger partial charge in [-0.15, -0.1) is 0 Å². The molecular formula is C16H15ClN4O4S. The average molecular weight is 395 g/mol. The fourth-order valence-electron chi connectivity index (χ4n) is 2.21. The molecule has 1 aromatic carbocycles. The molecule has 0 atom stereocenters. The van der Waals surface area contributed by atoms with Crippen molar-refractivity contribution < 1.29 is 17.9 Å². The topological polar surface area (TPSA) is 103 Å². The number of rotatable bonds is 4. The minimum atomic E-state index is -4.35. The zero-order valence-corrected chi connectivity index (χ0v) is 15.5. The highest BCUT2D eigenvalue weighted by atomic mass is 35.5. The van der Waals surface area contributed by atoms with Crippen molar-refractivity contribution in [2.24, 2.45) is 0 Å². The van der Waals surface area contributed by atoms with Crippen LogP contribution in [0.1, 0.15) is 25.5 Å². The molecule has 0 fully saturated rings. The molecule has 0 aliphatic carbocycles. The molecule has 2 aromatic heterocycles. The van der Waals surface area contributed by atoms with Crippen LogP contribution in [0.25, 0.3) is 5.65 Å². The first-order valence-electron chi connectivity index (χ1n) is 7.63. The van der Waals surface area contributed by atoms with Crippen LogP contribution in [-0.2, 0) is 10.0 Å². The lowest BCUT2D eigenvalue weighted by Crippen LogP contribution is -2.34. The van der Waals surface area contributed by atoms with E-state index in [1.165, 1.54) is 12.1 Å². The summed E-state index contributed by atoms with van der Waals surface area (Å²) in [6.07, 6.45) is -1.16. The number of carbonyl (C=O) groups excluding carboxylic acids is 1. The SMILES string of the molecule is CC(C)c1ccc2nc(Cl)c(S(=O)(=O)NC(=O)Oc3ccccc3)n2n1. The second-order valence-electron chi connectivity index (χ2n) is 5.70. The summed E-state index contributed by atoms with van der Waals surface area (Å²) in [5.41, 5.74) is 0.895.